The van der Waals surface area contributed by atoms with Crippen molar-refractivity contribution in [3.05, 3.63) is 11.6 Å². The Hall–Kier alpha value is -1.18. The first-order valence-corrected chi connectivity index (χ1v) is 13.1. The van der Waals surface area contributed by atoms with Gasteiger partial charge in [0, 0.05) is 17.3 Å². The number of ether oxygens (including phenoxy) is 1. The molecule has 0 spiro atoms. The summed E-state index contributed by atoms with van der Waals surface area (Å²) in [6.45, 7) is 6.20. The molecule has 6 nitrogen and oxygen atoms in total. The molecule has 178 valence electrons. The van der Waals surface area contributed by atoms with Crippen LogP contribution in [0.15, 0.2) is 11.6 Å². The van der Waals surface area contributed by atoms with E-state index in [1.807, 2.05) is 6.92 Å². The van der Waals surface area contributed by atoms with Crippen LogP contribution >= 0.6 is 11.8 Å². The van der Waals surface area contributed by atoms with Crippen molar-refractivity contribution < 1.29 is 29.3 Å². The number of thioether (sulfide) groups is 1. The van der Waals surface area contributed by atoms with Gasteiger partial charge in [0.2, 0.25) is 0 Å². The fourth-order valence-corrected chi connectivity index (χ4v) is 8.25. The third kappa shape index (κ3) is 3.59. The Balaban J connectivity index is 1.55. The lowest BCUT2D eigenvalue weighted by molar-refractivity contribution is -0.143. The van der Waals surface area contributed by atoms with Crippen LogP contribution < -0.4 is 0 Å². The van der Waals surface area contributed by atoms with Crippen molar-refractivity contribution in [2.75, 3.05) is 18.1 Å². The van der Waals surface area contributed by atoms with Crippen molar-refractivity contribution >= 4 is 29.3 Å². The van der Waals surface area contributed by atoms with E-state index in [9.17, 15) is 24.6 Å². The molecular formula is C25H36O6S. The Morgan fingerprint density at radius 3 is 2.59 bits per heavy atom. The van der Waals surface area contributed by atoms with Crippen LogP contribution in [0.3, 0.4) is 0 Å². The van der Waals surface area contributed by atoms with Crippen molar-refractivity contribution in [2.24, 2.45) is 28.6 Å². The smallest absolute Gasteiger partial charge is 0.315 e. The van der Waals surface area contributed by atoms with Crippen molar-refractivity contribution in [3.63, 3.8) is 0 Å². The third-order valence-corrected chi connectivity index (χ3v) is 10.1. The zero-order valence-corrected chi connectivity index (χ0v) is 20.2. The molecule has 0 saturated heterocycles. The van der Waals surface area contributed by atoms with Gasteiger partial charge in [0.05, 0.1) is 29.8 Å². The number of Topliss-reactive ketones (excluding diaryl/α,β-unsaturated/α-hetero) is 1. The van der Waals surface area contributed by atoms with E-state index in [4.69, 9.17) is 4.74 Å². The zero-order chi connectivity index (χ0) is 23.3. The van der Waals surface area contributed by atoms with E-state index in [1.165, 1.54) is 11.8 Å². The fourth-order valence-electron chi connectivity index (χ4n) is 7.50. The van der Waals surface area contributed by atoms with Crippen LogP contribution in [0.25, 0.3) is 0 Å². The first-order chi connectivity index (χ1) is 15.1. The van der Waals surface area contributed by atoms with Crippen LogP contribution in [-0.2, 0) is 19.1 Å². The number of esters is 1. The summed E-state index contributed by atoms with van der Waals surface area (Å²) in [6.07, 6.45) is 5.85. The van der Waals surface area contributed by atoms with Gasteiger partial charge >= 0.3 is 5.97 Å². The number of rotatable bonds is 6. The number of carbonyl (C=O) groups is 3. The molecule has 32 heavy (non-hydrogen) atoms. The van der Waals surface area contributed by atoms with E-state index < -0.39 is 17.1 Å². The number of hydrogen-bond acceptors (Lipinski definition) is 7. The second kappa shape index (κ2) is 8.55. The molecule has 4 rings (SSSR count). The number of aliphatic hydroxyl groups is 2. The predicted octanol–water partition coefficient (Wildman–Crippen LogP) is 3.09. The van der Waals surface area contributed by atoms with Crippen LogP contribution in [0.5, 0.6) is 0 Å². The molecule has 4 aliphatic carbocycles. The normalized spacial score (nSPS) is 43.0. The molecule has 0 aromatic carbocycles. The average Bonchev–Trinajstić information content (AvgIpc) is 2.99. The Bertz CT molecular complexity index is 838. The molecule has 0 heterocycles. The third-order valence-electron chi connectivity index (χ3n) is 9.17. The van der Waals surface area contributed by atoms with E-state index in [1.54, 1.807) is 13.0 Å². The minimum absolute atomic E-state index is 0.0604. The Morgan fingerprint density at radius 2 is 1.88 bits per heavy atom. The summed E-state index contributed by atoms with van der Waals surface area (Å²) in [6, 6.07) is 0. The van der Waals surface area contributed by atoms with Crippen molar-refractivity contribution in [1.29, 1.82) is 0 Å². The van der Waals surface area contributed by atoms with E-state index in [0.717, 1.165) is 18.4 Å². The standard InChI is InChI=1S/C25H36O6S/c1-4-31-22(29)14-32-13-21(28)18-8-10-25(30)19-11-20(27)17-6-5-15(26)12-23(17,2)16(19)7-9-24(18,25)3/h11,15-18,26,30H,4-10,12-14H2,1-3H3/t15?,16?,17?,18-,23?,24-,25-/m1/s1. The van der Waals surface area contributed by atoms with Crippen LogP contribution in [-0.4, -0.2) is 57.6 Å². The topological polar surface area (TPSA) is 101 Å². The zero-order valence-electron chi connectivity index (χ0n) is 19.4. The van der Waals surface area contributed by atoms with E-state index in [-0.39, 0.29) is 52.2 Å². The van der Waals surface area contributed by atoms with Gasteiger partial charge in [0.1, 0.15) is 5.78 Å². The SMILES string of the molecule is CCOC(=O)CSCC(=O)[C@H]1CC[C@@]2(O)C3=CC(=O)C4CCC(O)CC4(C)C3CC[C@]12C. The molecular weight excluding hydrogens is 428 g/mol. The minimum atomic E-state index is -1.17. The van der Waals surface area contributed by atoms with Crippen LogP contribution in [0.4, 0.5) is 0 Å². The molecule has 0 aromatic rings. The van der Waals surface area contributed by atoms with Gasteiger partial charge in [-0.15, -0.1) is 11.8 Å². The summed E-state index contributed by atoms with van der Waals surface area (Å²) in [5.74, 6) is -0.125. The second-order valence-corrected chi connectivity index (χ2v) is 11.7. The van der Waals surface area contributed by atoms with Crippen molar-refractivity contribution in [1.82, 2.24) is 0 Å². The number of ketones is 2. The van der Waals surface area contributed by atoms with Crippen molar-refractivity contribution in [2.45, 2.75) is 77.4 Å². The highest BCUT2D eigenvalue weighted by atomic mass is 32.2. The molecule has 3 fully saturated rings. The highest BCUT2D eigenvalue weighted by Gasteiger charge is 2.66. The summed E-state index contributed by atoms with van der Waals surface area (Å²) in [4.78, 5) is 37.9. The Kier molecular flexibility index (Phi) is 6.40. The van der Waals surface area contributed by atoms with Crippen LogP contribution in [0, 0.1) is 28.6 Å². The number of carbonyl (C=O) groups excluding carboxylic acids is 3. The quantitative estimate of drug-likeness (QED) is 0.583. The largest absolute Gasteiger partial charge is 0.465 e. The predicted molar refractivity (Wildman–Crippen MR) is 122 cm³/mol. The molecule has 0 radical (unpaired) electrons. The average molecular weight is 465 g/mol. The summed E-state index contributed by atoms with van der Waals surface area (Å²) in [5, 5.41) is 22.4. The van der Waals surface area contributed by atoms with Crippen molar-refractivity contribution in [3.8, 4) is 0 Å². The summed E-state index contributed by atoms with van der Waals surface area (Å²) >= 11 is 1.27. The van der Waals surface area contributed by atoms with Gasteiger partial charge in [0.25, 0.3) is 0 Å². The molecule has 3 saturated carbocycles. The van der Waals surface area contributed by atoms with Crippen LogP contribution in [0.1, 0.15) is 65.7 Å². The number of allylic oxidation sites excluding steroid dienone is 1. The summed E-state index contributed by atoms with van der Waals surface area (Å²) in [7, 11) is 0. The molecule has 0 aliphatic heterocycles. The van der Waals surface area contributed by atoms with Gasteiger partial charge in [-0.05, 0) is 74.9 Å². The highest BCUT2D eigenvalue weighted by molar-refractivity contribution is 8.00. The summed E-state index contributed by atoms with van der Waals surface area (Å²) in [5.41, 5.74) is -1.33. The Labute approximate surface area is 194 Å². The van der Waals surface area contributed by atoms with E-state index in [2.05, 4.69) is 6.92 Å². The van der Waals surface area contributed by atoms with Gasteiger partial charge < -0.3 is 14.9 Å². The molecule has 7 atom stereocenters. The first-order valence-electron chi connectivity index (χ1n) is 12.0. The van der Waals surface area contributed by atoms with E-state index in [0.29, 0.717) is 38.7 Å². The highest BCUT2D eigenvalue weighted by Crippen LogP contribution is 2.67. The Morgan fingerprint density at radius 1 is 1.12 bits per heavy atom. The number of aliphatic hydroxyl groups excluding tert-OH is 1. The van der Waals surface area contributed by atoms with Gasteiger partial charge in [-0.1, -0.05) is 13.8 Å². The lowest BCUT2D eigenvalue weighted by Crippen LogP contribution is -2.59. The monoisotopic (exact) mass is 464 g/mol. The van der Waals surface area contributed by atoms with Gasteiger partial charge in [-0.25, -0.2) is 0 Å². The molecule has 0 amide bonds. The maximum atomic E-state index is 13.1. The minimum Gasteiger partial charge on any atom is -0.465 e. The molecule has 4 unspecified atom stereocenters. The fraction of sp³-hybridized carbons (Fsp3) is 0.800. The summed E-state index contributed by atoms with van der Waals surface area (Å²) < 4.78 is 4.93. The molecule has 4 aliphatic rings. The number of fused-ring (bicyclic) bond motifs is 5. The first kappa shape index (κ1) is 24.0. The van der Waals surface area contributed by atoms with Gasteiger partial charge in [-0.2, -0.15) is 0 Å². The second-order valence-electron chi connectivity index (χ2n) is 10.7. The molecule has 0 bridgehead atoms. The van der Waals surface area contributed by atoms with Gasteiger partial charge in [0.15, 0.2) is 5.78 Å². The molecule has 0 aromatic heterocycles. The lowest BCUT2D eigenvalue weighted by Gasteiger charge is -2.59. The van der Waals surface area contributed by atoms with E-state index >= 15 is 0 Å². The van der Waals surface area contributed by atoms with Crippen LogP contribution in [0.2, 0.25) is 0 Å². The number of hydrogen-bond donors (Lipinski definition) is 2. The maximum Gasteiger partial charge on any atom is 0.315 e. The maximum absolute atomic E-state index is 13.1. The van der Waals surface area contributed by atoms with Gasteiger partial charge in [-0.3, -0.25) is 14.4 Å². The molecule has 2 N–H and O–H groups in total. The lowest BCUT2D eigenvalue weighted by atomic mass is 9.46. The molecule has 7 heteroatoms.